The van der Waals surface area contributed by atoms with Gasteiger partial charge in [0, 0.05) is 28.5 Å². The Morgan fingerprint density at radius 1 is 0.978 bits per heavy atom. The van der Waals surface area contributed by atoms with Crippen LogP contribution < -0.4 is 10.1 Å². The molecule has 46 heavy (non-hydrogen) atoms. The number of benzene rings is 3. The summed E-state index contributed by atoms with van der Waals surface area (Å²) in [6, 6.07) is 22.2. The molecule has 4 atom stereocenters. The second kappa shape index (κ2) is 11.0. The van der Waals surface area contributed by atoms with E-state index in [1.54, 1.807) is 33.0 Å². The average Bonchev–Trinajstić information content (AvgIpc) is 3.35. The van der Waals surface area contributed by atoms with Gasteiger partial charge in [0.25, 0.3) is 5.91 Å². The summed E-state index contributed by atoms with van der Waals surface area (Å²) in [6.45, 7) is 9.32. The van der Waals surface area contributed by atoms with Crippen molar-refractivity contribution in [3.8, 4) is 5.88 Å². The number of fused-ring (bicyclic) bond motifs is 4. The van der Waals surface area contributed by atoms with Crippen molar-refractivity contribution in [2.24, 2.45) is 5.92 Å². The Kier molecular flexibility index (Phi) is 7.03. The number of pyridine rings is 1. The molecule has 0 unspecified atom stereocenters. The van der Waals surface area contributed by atoms with Gasteiger partial charge in [0.15, 0.2) is 0 Å². The van der Waals surface area contributed by atoms with Crippen LogP contribution in [0.3, 0.4) is 0 Å². The number of likely N-dealkylation sites (tertiary alicyclic amines) is 1. The molecule has 7 rings (SSSR count). The van der Waals surface area contributed by atoms with Crippen LogP contribution >= 0.6 is 0 Å². The predicted octanol–water partition coefficient (Wildman–Crippen LogP) is 5.90. The molecule has 234 valence electrons. The molecular formula is C36H35N5O5. The molecule has 1 N–H and O–H groups in total. The number of para-hydroxylation sites is 2. The van der Waals surface area contributed by atoms with Gasteiger partial charge in [-0.15, -0.1) is 6.58 Å². The Labute approximate surface area is 266 Å². The van der Waals surface area contributed by atoms with Gasteiger partial charge >= 0.3 is 6.09 Å². The Morgan fingerprint density at radius 2 is 1.67 bits per heavy atom. The van der Waals surface area contributed by atoms with E-state index >= 15 is 0 Å². The van der Waals surface area contributed by atoms with Gasteiger partial charge in [0.1, 0.15) is 23.3 Å². The van der Waals surface area contributed by atoms with Crippen LogP contribution in [0.25, 0.3) is 32.6 Å². The summed E-state index contributed by atoms with van der Waals surface area (Å²) in [6.07, 6.45) is 2.66. The second-order valence-electron chi connectivity index (χ2n) is 13.0. The van der Waals surface area contributed by atoms with Gasteiger partial charge in [-0.05, 0) is 50.8 Å². The van der Waals surface area contributed by atoms with Crippen LogP contribution in [0, 0.1) is 5.92 Å². The molecule has 3 aromatic carbocycles. The lowest BCUT2D eigenvalue weighted by Crippen LogP contribution is -2.54. The van der Waals surface area contributed by atoms with Gasteiger partial charge in [-0.3, -0.25) is 14.5 Å². The predicted molar refractivity (Wildman–Crippen MR) is 175 cm³/mol. The van der Waals surface area contributed by atoms with Gasteiger partial charge in [0.05, 0.1) is 23.8 Å². The molecule has 2 fully saturated rings. The largest absolute Gasteiger partial charge is 0.472 e. The van der Waals surface area contributed by atoms with E-state index in [4.69, 9.17) is 14.5 Å². The fraction of sp³-hybridized carbons (Fsp3) is 0.306. The number of carbonyl (C=O) groups excluding carboxylic acids is 3. The number of nitrogens with one attached hydrogen (secondary N) is 1. The van der Waals surface area contributed by atoms with Crippen molar-refractivity contribution in [2.75, 3.05) is 6.54 Å². The van der Waals surface area contributed by atoms with Gasteiger partial charge in [0.2, 0.25) is 11.8 Å². The molecular weight excluding hydrogens is 582 g/mol. The molecule has 2 amide bonds. The van der Waals surface area contributed by atoms with E-state index in [1.807, 2.05) is 72.8 Å². The first kappa shape index (κ1) is 29.5. The minimum atomic E-state index is -1.23. The number of rotatable bonds is 6. The molecule has 5 aromatic rings. The molecule has 10 nitrogen and oxygen atoms in total. The van der Waals surface area contributed by atoms with Gasteiger partial charge < -0.3 is 14.8 Å². The number of nitrogens with zero attached hydrogens (tertiary/aromatic N) is 4. The Morgan fingerprint density at radius 3 is 2.41 bits per heavy atom. The van der Waals surface area contributed by atoms with Crippen LogP contribution in [0.5, 0.6) is 5.88 Å². The quantitative estimate of drug-likeness (QED) is 0.186. The van der Waals surface area contributed by atoms with E-state index in [2.05, 4.69) is 17.0 Å². The van der Waals surface area contributed by atoms with Crippen molar-refractivity contribution in [1.82, 2.24) is 25.0 Å². The maximum atomic E-state index is 14.1. The molecule has 1 aliphatic heterocycles. The van der Waals surface area contributed by atoms with Crippen molar-refractivity contribution >= 4 is 50.5 Å². The third-order valence-electron chi connectivity index (χ3n) is 8.74. The zero-order chi connectivity index (χ0) is 32.2. The third-order valence-corrected chi connectivity index (χ3v) is 8.74. The molecule has 10 heteroatoms. The SMILES string of the molecule is C=C[C@H]1C[C@@]1(NC(=O)[C@@H]1C[C@@H](Oc2nc3ccccc3c3ccccc23)CN1C(=O)OC(C)(C)C)C(=O)n1ncc2ccccc21. The highest BCUT2D eigenvalue weighted by molar-refractivity contribution is 6.07. The summed E-state index contributed by atoms with van der Waals surface area (Å²) in [5.74, 6) is -0.685. The summed E-state index contributed by atoms with van der Waals surface area (Å²) in [5, 5.41) is 11.0. The number of aromatic nitrogens is 3. The smallest absolute Gasteiger partial charge is 0.411 e. The number of carbonyl (C=O) groups is 3. The summed E-state index contributed by atoms with van der Waals surface area (Å²) in [7, 11) is 0. The molecule has 0 spiro atoms. The topological polar surface area (TPSA) is 116 Å². The molecule has 1 saturated carbocycles. The van der Waals surface area contributed by atoms with Crippen molar-refractivity contribution in [2.45, 2.75) is 56.9 Å². The Balaban J connectivity index is 1.19. The number of hydrogen-bond acceptors (Lipinski definition) is 7. The molecule has 0 radical (unpaired) electrons. The fourth-order valence-electron chi connectivity index (χ4n) is 6.42. The summed E-state index contributed by atoms with van der Waals surface area (Å²) >= 11 is 0. The summed E-state index contributed by atoms with van der Waals surface area (Å²) in [4.78, 5) is 47.8. The zero-order valence-electron chi connectivity index (χ0n) is 26.0. The lowest BCUT2D eigenvalue weighted by Gasteiger charge is -2.29. The zero-order valence-corrected chi connectivity index (χ0v) is 26.0. The van der Waals surface area contributed by atoms with Crippen LogP contribution in [0.1, 0.15) is 38.4 Å². The van der Waals surface area contributed by atoms with Crippen LogP contribution in [0.15, 0.2) is 91.6 Å². The second-order valence-corrected chi connectivity index (χ2v) is 13.0. The minimum Gasteiger partial charge on any atom is -0.472 e. The first-order chi connectivity index (χ1) is 22.1. The van der Waals surface area contributed by atoms with E-state index in [0.717, 1.165) is 27.1 Å². The molecule has 1 saturated heterocycles. The number of hydrogen-bond donors (Lipinski definition) is 1. The van der Waals surface area contributed by atoms with Crippen LogP contribution in [-0.4, -0.2) is 67.4 Å². The maximum Gasteiger partial charge on any atom is 0.411 e. The van der Waals surface area contributed by atoms with Gasteiger partial charge in [-0.25, -0.2) is 9.78 Å². The normalized spacial score (nSPS) is 22.6. The maximum absolute atomic E-state index is 14.1. The van der Waals surface area contributed by atoms with E-state index in [1.165, 1.54) is 9.58 Å². The molecule has 2 aliphatic rings. The van der Waals surface area contributed by atoms with Crippen molar-refractivity contribution in [1.29, 1.82) is 0 Å². The molecule has 0 bridgehead atoms. The first-order valence-corrected chi connectivity index (χ1v) is 15.4. The summed E-state index contributed by atoms with van der Waals surface area (Å²) in [5.41, 5.74) is -0.586. The van der Waals surface area contributed by atoms with Crippen LogP contribution in [-0.2, 0) is 9.53 Å². The Hall–Kier alpha value is -5.25. The standard InChI is InChI=1S/C36H35N5O5/c1-5-23-19-36(23,33(43)41-29-17-11-6-12-22(29)20-37-41)39-31(42)30-18-24(21-40(30)34(44)46-35(2,3)4)45-32-27-15-8-7-13-25(27)26-14-9-10-16-28(26)38-32/h5-17,20,23-24,30H,1,18-19,21H2,2-4H3,(H,39,42)/t23-,24+,30-,36-/m0/s1. The van der Waals surface area contributed by atoms with Crippen LogP contribution in [0.2, 0.25) is 0 Å². The minimum absolute atomic E-state index is 0.103. The average molecular weight is 618 g/mol. The van der Waals surface area contributed by atoms with Crippen molar-refractivity contribution < 1.29 is 23.9 Å². The molecule has 3 heterocycles. The molecule has 1 aliphatic carbocycles. The summed E-state index contributed by atoms with van der Waals surface area (Å²) < 4.78 is 13.5. The lowest BCUT2D eigenvalue weighted by atomic mass is 10.1. The molecule has 2 aromatic heterocycles. The Bertz CT molecular complexity index is 2030. The van der Waals surface area contributed by atoms with E-state index in [0.29, 0.717) is 17.8 Å². The van der Waals surface area contributed by atoms with Gasteiger partial charge in [-0.1, -0.05) is 60.7 Å². The van der Waals surface area contributed by atoms with Crippen LogP contribution in [0.4, 0.5) is 4.79 Å². The number of amides is 2. The van der Waals surface area contributed by atoms with Gasteiger partial charge in [-0.2, -0.15) is 9.78 Å². The number of ether oxygens (including phenoxy) is 2. The highest BCUT2D eigenvalue weighted by atomic mass is 16.6. The van der Waals surface area contributed by atoms with E-state index in [-0.39, 0.29) is 24.8 Å². The fourth-order valence-corrected chi connectivity index (χ4v) is 6.42. The highest BCUT2D eigenvalue weighted by Crippen LogP contribution is 2.46. The van der Waals surface area contributed by atoms with E-state index in [9.17, 15) is 14.4 Å². The van der Waals surface area contributed by atoms with Crippen molar-refractivity contribution in [3.63, 3.8) is 0 Å². The first-order valence-electron chi connectivity index (χ1n) is 15.4. The monoisotopic (exact) mass is 617 g/mol. The van der Waals surface area contributed by atoms with E-state index < -0.39 is 35.3 Å². The third kappa shape index (κ3) is 5.13. The highest BCUT2D eigenvalue weighted by Gasteiger charge is 2.61. The lowest BCUT2D eigenvalue weighted by molar-refractivity contribution is -0.126. The van der Waals surface area contributed by atoms with Crippen molar-refractivity contribution in [3.05, 3.63) is 91.6 Å².